The summed E-state index contributed by atoms with van der Waals surface area (Å²) in [6, 6.07) is 9.07. The van der Waals surface area contributed by atoms with Crippen LogP contribution < -0.4 is 0 Å². The standard InChI is InChI=1S/C19H21NS/c1-5-14-10-20-13(4)8-16(14)15-6-7-19-17(9-15)18(11-21-19)12(2)3/h6-12H,5H2,1-4H3. The van der Waals surface area contributed by atoms with Gasteiger partial charge in [0.2, 0.25) is 0 Å². The maximum Gasteiger partial charge on any atom is 0.0379 e. The summed E-state index contributed by atoms with van der Waals surface area (Å²) in [5.74, 6) is 0.568. The smallest absolute Gasteiger partial charge is 0.0379 e. The third-order valence-corrected chi connectivity index (χ3v) is 5.02. The molecule has 0 aliphatic rings. The third kappa shape index (κ3) is 2.60. The van der Waals surface area contributed by atoms with Crippen LogP contribution in [0, 0.1) is 6.92 Å². The van der Waals surface area contributed by atoms with Crippen molar-refractivity contribution in [1.82, 2.24) is 4.98 Å². The fourth-order valence-corrected chi connectivity index (χ4v) is 3.91. The highest BCUT2D eigenvalue weighted by atomic mass is 32.1. The first-order valence-electron chi connectivity index (χ1n) is 7.57. The van der Waals surface area contributed by atoms with Crippen LogP contribution >= 0.6 is 11.3 Å². The molecule has 0 fully saturated rings. The Morgan fingerprint density at radius 1 is 1.19 bits per heavy atom. The molecule has 2 heterocycles. The van der Waals surface area contributed by atoms with Gasteiger partial charge < -0.3 is 0 Å². The highest BCUT2D eigenvalue weighted by Gasteiger charge is 2.11. The third-order valence-electron chi connectivity index (χ3n) is 4.04. The number of pyridine rings is 1. The van der Waals surface area contributed by atoms with Crippen LogP contribution in [0.5, 0.6) is 0 Å². The van der Waals surface area contributed by atoms with E-state index < -0.39 is 0 Å². The highest BCUT2D eigenvalue weighted by molar-refractivity contribution is 7.17. The van der Waals surface area contributed by atoms with Gasteiger partial charge in [-0.15, -0.1) is 11.3 Å². The second kappa shape index (κ2) is 5.61. The van der Waals surface area contributed by atoms with Gasteiger partial charge in [0.25, 0.3) is 0 Å². The van der Waals surface area contributed by atoms with Crippen LogP contribution in [-0.4, -0.2) is 4.98 Å². The number of hydrogen-bond donors (Lipinski definition) is 0. The van der Waals surface area contributed by atoms with Crippen LogP contribution in [-0.2, 0) is 6.42 Å². The Kier molecular flexibility index (Phi) is 3.81. The first-order chi connectivity index (χ1) is 10.1. The monoisotopic (exact) mass is 295 g/mol. The summed E-state index contributed by atoms with van der Waals surface area (Å²) in [5.41, 5.74) is 6.50. The van der Waals surface area contributed by atoms with E-state index in [1.165, 1.54) is 32.3 Å². The number of aromatic nitrogens is 1. The molecule has 0 unspecified atom stereocenters. The molecule has 0 aliphatic carbocycles. The fraction of sp³-hybridized carbons (Fsp3) is 0.316. The van der Waals surface area contributed by atoms with Crippen molar-refractivity contribution in [1.29, 1.82) is 0 Å². The average Bonchev–Trinajstić information content (AvgIpc) is 2.90. The van der Waals surface area contributed by atoms with Gasteiger partial charge in [-0.2, -0.15) is 0 Å². The predicted octanol–water partition coefficient (Wildman–Crippen LogP) is 5.96. The molecular formula is C19H21NS. The molecule has 0 aliphatic heterocycles. The van der Waals surface area contributed by atoms with E-state index in [0.29, 0.717) is 5.92 Å². The van der Waals surface area contributed by atoms with Crippen LogP contribution in [0.4, 0.5) is 0 Å². The zero-order valence-electron chi connectivity index (χ0n) is 13.1. The van der Waals surface area contributed by atoms with E-state index in [4.69, 9.17) is 0 Å². The van der Waals surface area contributed by atoms with Crippen LogP contribution in [0.2, 0.25) is 0 Å². The molecule has 0 amide bonds. The molecule has 1 aromatic carbocycles. The normalized spacial score (nSPS) is 11.5. The van der Waals surface area contributed by atoms with E-state index in [1.807, 2.05) is 17.5 Å². The van der Waals surface area contributed by atoms with Crippen molar-refractivity contribution in [2.45, 2.75) is 40.0 Å². The minimum Gasteiger partial charge on any atom is -0.261 e. The fourth-order valence-electron chi connectivity index (χ4n) is 2.80. The Morgan fingerprint density at radius 3 is 2.71 bits per heavy atom. The zero-order valence-corrected chi connectivity index (χ0v) is 13.9. The highest BCUT2D eigenvalue weighted by Crippen LogP contribution is 2.35. The number of nitrogens with zero attached hydrogens (tertiary/aromatic N) is 1. The van der Waals surface area contributed by atoms with Gasteiger partial charge in [0, 0.05) is 16.6 Å². The molecule has 108 valence electrons. The van der Waals surface area contributed by atoms with Gasteiger partial charge in [-0.1, -0.05) is 26.8 Å². The molecule has 21 heavy (non-hydrogen) atoms. The quantitative estimate of drug-likeness (QED) is 0.581. The molecule has 0 saturated heterocycles. The van der Waals surface area contributed by atoms with Crippen molar-refractivity contribution < 1.29 is 0 Å². The second-order valence-corrected chi connectivity index (χ2v) is 6.80. The van der Waals surface area contributed by atoms with Crippen molar-refractivity contribution in [3.05, 3.63) is 52.7 Å². The van der Waals surface area contributed by atoms with Crippen molar-refractivity contribution in [2.75, 3.05) is 0 Å². The minimum atomic E-state index is 0.568. The van der Waals surface area contributed by atoms with Crippen LogP contribution in [0.15, 0.2) is 35.8 Å². The van der Waals surface area contributed by atoms with E-state index in [2.05, 4.69) is 62.3 Å². The Bertz CT molecular complexity index is 783. The number of hydrogen-bond acceptors (Lipinski definition) is 2. The van der Waals surface area contributed by atoms with Gasteiger partial charge in [0.15, 0.2) is 0 Å². The van der Waals surface area contributed by atoms with Gasteiger partial charge >= 0.3 is 0 Å². The van der Waals surface area contributed by atoms with Crippen molar-refractivity contribution in [3.63, 3.8) is 0 Å². The summed E-state index contributed by atoms with van der Waals surface area (Å²) in [6.07, 6.45) is 3.03. The zero-order chi connectivity index (χ0) is 15.0. The molecule has 0 spiro atoms. The Morgan fingerprint density at radius 2 is 2.00 bits per heavy atom. The summed E-state index contributed by atoms with van der Waals surface area (Å²) in [4.78, 5) is 4.44. The van der Waals surface area contributed by atoms with Gasteiger partial charge in [0.1, 0.15) is 0 Å². The number of aryl methyl sites for hydroxylation is 2. The summed E-state index contributed by atoms with van der Waals surface area (Å²) in [7, 11) is 0. The predicted molar refractivity (Wildman–Crippen MR) is 93.3 cm³/mol. The molecule has 0 N–H and O–H groups in total. The molecule has 3 aromatic rings. The lowest BCUT2D eigenvalue weighted by Gasteiger charge is -2.10. The molecule has 2 heteroatoms. The van der Waals surface area contributed by atoms with E-state index in [1.54, 1.807) is 0 Å². The Labute approximate surface area is 130 Å². The number of rotatable bonds is 3. The van der Waals surface area contributed by atoms with Gasteiger partial charge in [-0.3, -0.25) is 4.98 Å². The SMILES string of the molecule is CCc1cnc(C)cc1-c1ccc2scc(C(C)C)c2c1. The second-order valence-electron chi connectivity index (χ2n) is 5.89. The summed E-state index contributed by atoms with van der Waals surface area (Å²) in [6.45, 7) is 8.79. The van der Waals surface area contributed by atoms with Crippen molar-refractivity contribution in [3.8, 4) is 11.1 Å². The lowest BCUT2D eigenvalue weighted by Crippen LogP contribution is -1.92. The van der Waals surface area contributed by atoms with E-state index in [-0.39, 0.29) is 0 Å². The lowest BCUT2D eigenvalue weighted by molar-refractivity contribution is 0.880. The average molecular weight is 295 g/mol. The van der Waals surface area contributed by atoms with Crippen LogP contribution in [0.1, 0.15) is 43.5 Å². The van der Waals surface area contributed by atoms with Crippen molar-refractivity contribution >= 4 is 21.4 Å². The van der Waals surface area contributed by atoms with E-state index >= 15 is 0 Å². The first kappa shape index (κ1) is 14.3. The molecule has 0 saturated carbocycles. The summed E-state index contributed by atoms with van der Waals surface area (Å²) >= 11 is 1.85. The van der Waals surface area contributed by atoms with Gasteiger partial charge in [0.05, 0.1) is 0 Å². The lowest BCUT2D eigenvalue weighted by atomic mass is 9.95. The molecule has 0 bridgehead atoms. The van der Waals surface area contributed by atoms with Crippen LogP contribution in [0.25, 0.3) is 21.2 Å². The molecule has 0 atom stereocenters. The largest absolute Gasteiger partial charge is 0.261 e. The number of thiophene rings is 1. The topological polar surface area (TPSA) is 12.9 Å². The minimum absolute atomic E-state index is 0.568. The first-order valence-corrected chi connectivity index (χ1v) is 8.45. The summed E-state index contributed by atoms with van der Waals surface area (Å²) in [5, 5.41) is 3.71. The number of fused-ring (bicyclic) bond motifs is 1. The van der Waals surface area contributed by atoms with E-state index in [9.17, 15) is 0 Å². The Balaban J connectivity index is 2.21. The Hall–Kier alpha value is -1.67. The molecule has 3 rings (SSSR count). The molecule has 2 aromatic heterocycles. The maximum atomic E-state index is 4.44. The summed E-state index contributed by atoms with van der Waals surface area (Å²) < 4.78 is 1.38. The van der Waals surface area contributed by atoms with E-state index in [0.717, 1.165) is 12.1 Å². The maximum absolute atomic E-state index is 4.44. The van der Waals surface area contributed by atoms with Gasteiger partial charge in [-0.25, -0.2) is 0 Å². The molecular weight excluding hydrogens is 274 g/mol. The van der Waals surface area contributed by atoms with Gasteiger partial charge in [-0.05, 0) is 70.5 Å². The van der Waals surface area contributed by atoms with Crippen LogP contribution in [0.3, 0.4) is 0 Å². The molecule has 0 radical (unpaired) electrons. The molecule has 1 nitrogen and oxygen atoms in total. The van der Waals surface area contributed by atoms with Crippen molar-refractivity contribution in [2.24, 2.45) is 0 Å². The number of benzene rings is 1.